The summed E-state index contributed by atoms with van der Waals surface area (Å²) in [5.74, 6) is 0.107. The van der Waals surface area contributed by atoms with Crippen molar-refractivity contribution < 1.29 is 9.90 Å². The highest BCUT2D eigenvalue weighted by molar-refractivity contribution is 5.86. The lowest BCUT2D eigenvalue weighted by atomic mass is 9.91. The Morgan fingerprint density at radius 3 is 2.93 bits per heavy atom. The predicted octanol–water partition coefficient (Wildman–Crippen LogP) is 0.407. The van der Waals surface area contributed by atoms with Crippen LogP contribution >= 0.6 is 0 Å². The van der Waals surface area contributed by atoms with Crippen LogP contribution < -0.4 is 10.6 Å². The average Bonchev–Trinajstić information content (AvgIpc) is 2.68. The third kappa shape index (κ3) is 3.18. The highest BCUT2D eigenvalue weighted by Gasteiger charge is 2.39. The van der Waals surface area contributed by atoms with Gasteiger partial charge in [0.1, 0.15) is 0 Å². The summed E-state index contributed by atoms with van der Waals surface area (Å²) >= 11 is 0. The molecule has 15 heavy (non-hydrogen) atoms. The molecule has 0 aromatic carbocycles. The lowest BCUT2D eigenvalue weighted by molar-refractivity contribution is -0.127. The molecular formula is C11H22N2O2. The van der Waals surface area contributed by atoms with Crippen LogP contribution in [0.1, 0.15) is 39.0 Å². The topological polar surface area (TPSA) is 61.4 Å². The minimum absolute atomic E-state index is 0.107. The number of rotatable bonds is 6. The van der Waals surface area contributed by atoms with Crippen molar-refractivity contribution >= 4 is 5.91 Å². The Hall–Kier alpha value is -0.610. The maximum Gasteiger partial charge on any atom is 0.240 e. The molecule has 0 aliphatic carbocycles. The zero-order valence-electron chi connectivity index (χ0n) is 9.51. The average molecular weight is 214 g/mol. The summed E-state index contributed by atoms with van der Waals surface area (Å²) in [6.07, 6.45) is 4.56. The first-order chi connectivity index (χ1) is 7.25. The Kier molecular flexibility index (Phi) is 5.05. The summed E-state index contributed by atoms with van der Waals surface area (Å²) < 4.78 is 0. The second-order valence-corrected chi connectivity index (χ2v) is 4.20. The van der Waals surface area contributed by atoms with Crippen LogP contribution in [0, 0.1) is 0 Å². The minimum atomic E-state index is -0.329. The van der Waals surface area contributed by atoms with Gasteiger partial charge in [-0.1, -0.05) is 13.3 Å². The van der Waals surface area contributed by atoms with Crippen LogP contribution in [-0.2, 0) is 4.79 Å². The number of hydrogen-bond donors (Lipinski definition) is 3. The summed E-state index contributed by atoms with van der Waals surface area (Å²) in [7, 11) is 0. The molecule has 1 unspecified atom stereocenters. The van der Waals surface area contributed by atoms with Crippen molar-refractivity contribution in [1.29, 1.82) is 0 Å². The molecule has 3 N–H and O–H groups in total. The summed E-state index contributed by atoms with van der Waals surface area (Å²) in [6.45, 7) is 3.74. The molecule has 0 radical (unpaired) electrons. The van der Waals surface area contributed by atoms with Crippen molar-refractivity contribution in [1.82, 2.24) is 10.6 Å². The summed E-state index contributed by atoms with van der Waals surface area (Å²) in [6, 6.07) is 0. The van der Waals surface area contributed by atoms with E-state index in [2.05, 4.69) is 17.6 Å². The van der Waals surface area contributed by atoms with Gasteiger partial charge in [0, 0.05) is 13.2 Å². The molecule has 1 rings (SSSR count). The van der Waals surface area contributed by atoms with Crippen LogP contribution in [0.3, 0.4) is 0 Å². The lowest BCUT2D eigenvalue weighted by Crippen LogP contribution is -2.53. The van der Waals surface area contributed by atoms with Gasteiger partial charge in [0.15, 0.2) is 0 Å². The van der Waals surface area contributed by atoms with Gasteiger partial charge < -0.3 is 15.7 Å². The zero-order valence-corrected chi connectivity index (χ0v) is 9.51. The van der Waals surface area contributed by atoms with E-state index in [1.807, 2.05) is 0 Å². The van der Waals surface area contributed by atoms with Crippen LogP contribution in [0.5, 0.6) is 0 Å². The number of amides is 1. The third-order valence-electron chi connectivity index (χ3n) is 2.98. The molecule has 0 saturated carbocycles. The monoisotopic (exact) mass is 214 g/mol. The first-order valence-corrected chi connectivity index (χ1v) is 5.89. The van der Waals surface area contributed by atoms with Crippen molar-refractivity contribution in [3.8, 4) is 0 Å². The molecule has 1 saturated heterocycles. The molecule has 0 bridgehead atoms. The van der Waals surface area contributed by atoms with Gasteiger partial charge in [0.2, 0.25) is 5.91 Å². The molecule has 1 heterocycles. The molecule has 0 aromatic rings. The molecule has 1 amide bonds. The van der Waals surface area contributed by atoms with E-state index in [-0.39, 0.29) is 18.1 Å². The van der Waals surface area contributed by atoms with Gasteiger partial charge in [0.05, 0.1) is 5.54 Å². The van der Waals surface area contributed by atoms with E-state index in [1.54, 1.807) is 0 Å². The van der Waals surface area contributed by atoms with E-state index in [0.29, 0.717) is 13.0 Å². The Balaban J connectivity index is 2.44. The number of nitrogens with one attached hydrogen (secondary N) is 2. The van der Waals surface area contributed by atoms with Crippen molar-refractivity contribution in [2.45, 2.75) is 44.6 Å². The summed E-state index contributed by atoms with van der Waals surface area (Å²) in [5.41, 5.74) is -0.329. The van der Waals surface area contributed by atoms with Crippen molar-refractivity contribution in [3.63, 3.8) is 0 Å². The van der Waals surface area contributed by atoms with E-state index in [9.17, 15) is 4.79 Å². The maximum absolute atomic E-state index is 12.0. The molecule has 4 heteroatoms. The van der Waals surface area contributed by atoms with Crippen molar-refractivity contribution in [3.05, 3.63) is 0 Å². The molecule has 88 valence electrons. The van der Waals surface area contributed by atoms with Gasteiger partial charge in [0.25, 0.3) is 0 Å². The van der Waals surface area contributed by atoms with E-state index in [1.165, 1.54) is 0 Å². The highest BCUT2D eigenvalue weighted by atomic mass is 16.3. The van der Waals surface area contributed by atoms with E-state index in [4.69, 9.17) is 5.11 Å². The Morgan fingerprint density at radius 1 is 1.60 bits per heavy atom. The van der Waals surface area contributed by atoms with Crippen molar-refractivity contribution in [2.24, 2.45) is 0 Å². The highest BCUT2D eigenvalue weighted by Crippen LogP contribution is 2.24. The van der Waals surface area contributed by atoms with E-state index in [0.717, 1.165) is 32.2 Å². The Morgan fingerprint density at radius 2 is 2.40 bits per heavy atom. The molecule has 4 nitrogen and oxygen atoms in total. The molecule has 1 aliphatic rings. The van der Waals surface area contributed by atoms with Crippen LogP contribution in [-0.4, -0.2) is 36.2 Å². The van der Waals surface area contributed by atoms with Crippen LogP contribution in [0.4, 0.5) is 0 Å². The standard InChI is InChI=1S/C11H22N2O2/c1-2-5-11(6-3-8-13-11)10(15)12-7-4-9-14/h13-14H,2-9H2,1H3,(H,12,15). The molecule has 1 aliphatic heterocycles. The lowest BCUT2D eigenvalue weighted by Gasteiger charge is -2.27. The van der Waals surface area contributed by atoms with E-state index < -0.39 is 0 Å². The second kappa shape index (κ2) is 6.08. The maximum atomic E-state index is 12.0. The van der Waals surface area contributed by atoms with Crippen molar-refractivity contribution in [2.75, 3.05) is 19.7 Å². The summed E-state index contributed by atoms with van der Waals surface area (Å²) in [4.78, 5) is 12.0. The van der Waals surface area contributed by atoms with Gasteiger partial charge in [-0.05, 0) is 32.2 Å². The Labute approximate surface area is 91.4 Å². The van der Waals surface area contributed by atoms with Gasteiger partial charge in [-0.3, -0.25) is 4.79 Å². The normalized spacial score (nSPS) is 25.5. The first kappa shape index (κ1) is 12.5. The SMILES string of the molecule is CCCC1(C(=O)NCCCO)CCCN1. The first-order valence-electron chi connectivity index (χ1n) is 5.89. The van der Waals surface area contributed by atoms with Gasteiger partial charge in [-0.15, -0.1) is 0 Å². The van der Waals surface area contributed by atoms with Crippen LogP contribution in [0.15, 0.2) is 0 Å². The molecule has 1 fully saturated rings. The molecule has 0 spiro atoms. The third-order valence-corrected chi connectivity index (χ3v) is 2.98. The molecule has 0 aromatic heterocycles. The fourth-order valence-corrected chi connectivity index (χ4v) is 2.20. The number of hydrogen-bond acceptors (Lipinski definition) is 3. The second-order valence-electron chi connectivity index (χ2n) is 4.20. The summed E-state index contributed by atoms with van der Waals surface area (Å²) in [5, 5.41) is 14.9. The van der Waals surface area contributed by atoms with Crippen LogP contribution in [0.2, 0.25) is 0 Å². The van der Waals surface area contributed by atoms with Gasteiger partial charge >= 0.3 is 0 Å². The van der Waals surface area contributed by atoms with E-state index >= 15 is 0 Å². The zero-order chi connectivity index (χ0) is 11.1. The molecular weight excluding hydrogens is 192 g/mol. The number of carbonyl (C=O) groups excluding carboxylic acids is 1. The number of aliphatic hydroxyl groups excluding tert-OH is 1. The smallest absolute Gasteiger partial charge is 0.240 e. The largest absolute Gasteiger partial charge is 0.396 e. The number of carbonyl (C=O) groups is 1. The predicted molar refractivity (Wildman–Crippen MR) is 59.6 cm³/mol. The fourth-order valence-electron chi connectivity index (χ4n) is 2.20. The Bertz CT molecular complexity index is 201. The molecule has 1 atom stereocenters. The van der Waals surface area contributed by atoms with Crippen LogP contribution in [0.25, 0.3) is 0 Å². The minimum Gasteiger partial charge on any atom is -0.396 e. The quantitative estimate of drug-likeness (QED) is 0.561. The number of aliphatic hydroxyl groups is 1. The fraction of sp³-hybridized carbons (Fsp3) is 0.909. The van der Waals surface area contributed by atoms with Gasteiger partial charge in [-0.25, -0.2) is 0 Å². The van der Waals surface area contributed by atoms with Gasteiger partial charge in [-0.2, -0.15) is 0 Å².